The number of hydrogen-bond donors (Lipinski definition) is 2. The van der Waals surface area contributed by atoms with Crippen LogP contribution in [0.4, 0.5) is 0 Å². The molecule has 2 N–H and O–H groups in total. The van der Waals surface area contributed by atoms with Crippen molar-refractivity contribution in [2.75, 3.05) is 14.2 Å². The fourth-order valence-electron chi connectivity index (χ4n) is 1.63. The van der Waals surface area contributed by atoms with Crippen LogP contribution in [0.2, 0.25) is 0 Å². The van der Waals surface area contributed by atoms with E-state index in [0.717, 1.165) is 0 Å². The molecule has 2 rings (SSSR count). The van der Waals surface area contributed by atoms with E-state index in [2.05, 4.69) is 14.7 Å². The quantitative estimate of drug-likeness (QED) is 0.826. The van der Waals surface area contributed by atoms with Gasteiger partial charge < -0.3 is 14.5 Å². The van der Waals surface area contributed by atoms with Crippen LogP contribution >= 0.6 is 0 Å². The highest BCUT2D eigenvalue weighted by atomic mass is 32.2. The van der Waals surface area contributed by atoms with Crippen LogP contribution < -0.4 is 14.2 Å². The number of nitrogens with one attached hydrogen (secondary N) is 2. The molecule has 0 unspecified atom stereocenters. The monoisotopic (exact) mass is 297 g/mol. The van der Waals surface area contributed by atoms with Crippen LogP contribution in [0.25, 0.3) is 0 Å². The van der Waals surface area contributed by atoms with E-state index in [1.165, 1.54) is 26.4 Å². The molecule has 0 saturated carbocycles. The van der Waals surface area contributed by atoms with Gasteiger partial charge in [-0.3, -0.25) is 0 Å². The number of sulfonamides is 1. The maximum absolute atomic E-state index is 12.1. The number of aromatic nitrogens is 2. The molecule has 108 valence electrons. The van der Waals surface area contributed by atoms with Gasteiger partial charge in [0.1, 0.15) is 5.82 Å². The maximum atomic E-state index is 12.1. The van der Waals surface area contributed by atoms with Gasteiger partial charge in [0.2, 0.25) is 10.0 Å². The van der Waals surface area contributed by atoms with Gasteiger partial charge in [-0.1, -0.05) is 0 Å². The molecule has 0 aliphatic carbocycles. The Hall–Kier alpha value is -2.06. The Morgan fingerprint density at radius 1 is 1.25 bits per heavy atom. The van der Waals surface area contributed by atoms with Crippen molar-refractivity contribution in [3.8, 4) is 11.5 Å². The Bertz CT molecular complexity index is 668. The number of aromatic amines is 1. The van der Waals surface area contributed by atoms with Crippen molar-refractivity contribution in [2.45, 2.75) is 11.4 Å². The Morgan fingerprint density at radius 3 is 2.60 bits per heavy atom. The first-order valence-electron chi connectivity index (χ1n) is 5.77. The van der Waals surface area contributed by atoms with Gasteiger partial charge in [-0.05, 0) is 12.1 Å². The molecular formula is C12H15N3O4S. The lowest BCUT2D eigenvalue weighted by Crippen LogP contribution is -2.23. The zero-order chi connectivity index (χ0) is 14.6. The van der Waals surface area contributed by atoms with E-state index >= 15 is 0 Å². The number of methoxy groups -OCH3 is 2. The molecule has 0 fully saturated rings. The Morgan fingerprint density at radius 2 is 2.00 bits per heavy atom. The zero-order valence-electron chi connectivity index (χ0n) is 11.1. The summed E-state index contributed by atoms with van der Waals surface area (Å²) in [6.45, 7) is 0.0870. The lowest BCUT2D eigenvalue weighted by atomic mass is 10.3. The summed E-state index contributed by atoms with van der Waals surface area (Å²) in [4.78, 5) is 6.86. The molecule has 0 amide bonds. The van der Waals surface area contributed by atoms with Gasteiger partial charge >= 0.3 is 0 Å². The van der Waals surface area contributed by atoms with Crippen molar-refractivity contribution in [1.82, 2.24) is 14.7 Å². The number of imidazole rings is 1. The van der Waals surface area contributed by atoms with Crippen molar-refractivity contribution >= 4 is 10.0 Å². The molecule has 8 heteroatoms. The van der Waals surface area contributed by atoms with Crippen LogP contribution in [0.1, 0.15) is 5.82 Å². The molecule has 2 aromatic rings. The number of ether oxygens (including phenoxy) is 2. The van der Waals surface area contributed by atoms with Crippen LogP contribution in [-0.4, -0.2) is 32.6 Å². The predicted molar refractivity (Wildman–Crippen MR) is 72.2 cm³/mol. The van der Waals surface area contributed by atoms with Crippen molar-refractivity contribution in [3.05, 3.63) is 36.4 Å². The third-order valence-electron chi connectivity index (χ3n) is 2.65. The molecule has 1 aromatic heterocycles. The largest absolute Gasteiger partial charge is 0.493 e. The van der Waals surface area contributed by atoms with E-state index in [1.54, 1.807) is 18.5 Å². The van der Waals surface area contributed by atoms with Gasteiger partial charge in [-0.2, -0.15) is 0 Å². The van der Waals surface area contributed by atoms with Gasteiger partial charge in [0.05, 0.1) is 25.7 Å². The highest BCUT2D eigenvalue weighted by Crippen LogP contribution is 2.29. The minimum atomic E-state index is -3.64. The standard InChI is InChI=1S/C12H15N3O4S/c1-18-10-4-3-9(7-11(10)19-2)20(16,17)15-8-12-13-5-6-14-12/h3-7,15H,8H2,1-2H3,(H,13,14). The molecule has 0 aliphatic rings. The second kappa shape index (κ2) is 5.93. The first kappa shape index (κ1) is 14.4. The van der Waals surface area contributed by atoms with Crippen molar-refractivity contribution in [2.24, 2.45) is 0 Å². The van der Waals surface area contributed by atoms with E-state index in [4.69, 9.17) is 9.47 Å². The Labute approximate surface area is 117 Å². The fourth-order valence-corrected chi connectivity index (χ4v) is 2.63. The molecule has 0 aliphatic heterocycles. The van der Waals surface area contributed by atoms with Gasteiger partial charge in [-0.25, -0.2) is 18.1 Å². The van der Waals surface area contributed by atoms with Gasteiger partial charge in [0.15, 0.2) is 11.5 Å². The summed E-state index contributed by atoms with van der Waals surface area (Å²) < 4.78 is 36.9. The number of hydrogen-bond acceptors (Lipinski definition) is 5. The van der Waals surface area contributed by atoms with Crippen LogP contribution in [-0.2, 0) is 16.6 Å². The molecular weight excluding hydrogens is 282 g/mol. The molecule has 0 radical (unpaired) electrons. The smallest absolute Gasteiger partial charge is 0.241 e. The molecule has 0 saturated heterocycles. The second-order valence-electron chi connectivity index (χ2n) is 3.88. The molecule has 20 heavy (non-hydrogen) atoms. The fraction of sp³-hybridized carbons (Fsp3) is 0.250. The van der Waals surface area contributed by atoms with E-state index < -0.39 is 10.0 Å². The normalized spacial score (nSPS) is 11.3. The molecule has 1 aromatic carbocycles. The highest BCUT2D eigenvalue weighted by Gasteiger charge is 2.17. The second-order valence-corrected chi connectivity index (χ2v) is 5.64. The topological polar surface area (TPSA) is 93.3 Å². The summed E-state index contributed by atoms with van der Waals surface area (Å²) in [6, 6.07) is 4.40. The SMILES string of the molecule is COc1ccc(S(=O)(=O)NCc2ncc[nH]2)cc1OC. The lowest BCUT2D eigenvalue weighted by molar-refractivity contribution is 0.354. The van der Waals surface area contributed by atoms with Crippen LogP contribution in [0, 0.1) is 0 Å². The maximum Gasteiger partial charge on any atom is 0.241 e. The van der Waals surface area contributed by atoms with E-state index in [9.17, 15) is 8.42 Å². The molecule has 7 nitrogen and oxygen atoms in total. The summed E-state index contributed by atoms with van der Waals surface area (Å²) in [7, 11) is -0.703. The molecule has 1 heterocycles. The summed E-state index contributed by atoms with van der Waals surface area (Å²) in [6.07, 6.45) is 3.18. The van der Waals surface area contributed by atoms with Crippen LogP contribution in [0.3, 0.4) is 0 Å². The minimum absolute atomic E-state index is 0.0870. The first-order valence-corrected chi connectivity index (χ1v) is 7.25. The Balaban J connectivity index is 2.20. The van der Waals surface area contributed by atoms with E-state index in [-0.39, 0.29) is 11.4 Å². The number of nitrogens with zero attached hydrogens (tertiary/aromatic N) is 1. The number of benzene rings is 1. The summed E-state index contributed by atoms with van der Waals surface area (Å²) in [5, 5.41) is 0. The third kappa shape index (κ3) is 3.09. The van der Waals surface area contributed by atoms with Gasteiger partial charge in [0, 0.05) is 18.5 Å². The third-order valence-corrected chi connectivity index (χ3v) is 4.05. The van der Waals surface area contributed by atoms with Gasteiger partial charge in [-0.15, -0.1) is 0 Å². The van der Waals surface area contributed by atoms with E-state index in [1.807, 2.05) is 0 Å². The Kier molecular flexibility index (Phi) is 4.26. The zero-order valence-corrected chi connectivity index (χ0v) is 11.9. The van der Waals surface area contributed by atoms with Gasteiger partial charge in [0.25, 0.3) is 0 Å². The summed E-state index contributed by atoms with van der Waals surface area (Å²) in [5.41, 5.74) is 0. The average molecular weight is 297 g/mol. The predicted octanol–water partition coefficient (Wildman–Crippen LogP) is 0.905. The highest BCUT2D eigenvalue weighted by molar-refractivity contribution is 7.89. The molecule has 0 bridgehead atoms. The van der Waals surface area contributed by atoms with Crippen molar-refractivity contribution in [1.29, 1.82) is 0 Å². The number of H-pyrrole nitrogens is 1. The first-order chi connectivity index (χ1) is 9.56. The molecule has 0 atom stereocenters. The van der Waals surface area contributed by atoms with Crippen molar-refractivity contribution < 1.29 is 17.9 Å². The van der Waals surface area contributed by atoms with Crippen LogP contribution in [0.5, 0.6) is 11.5 Å². The lowest BCUT2D eigenvalue weighted by Gasteiger charge is -2.10. The summed E-state index contributed by atoms with van der Waals surface area (Å²) >= 11 is 0. The minimum Gasteiger partial charge on any atom is -0.493 e. The summed E-state index contributed by atoms with van der Waals surface area (Å²) in [5.74, 6) is 1.36. The molecule has 0 spiro atoms. The number of rotatable bonds is 6. The average Bonchev–Trinajstić information content (AvgIpc) is 2.97. The van der Waals surface area contributed by atoms with Crippen molar-refractivity contribution in [3.63, 3.8) is 0 Å². The van der Waals surface area contributed by atoms with Crippen LogP contribution in [0.15, 0.2) is 35.5 Å². The van der Waals surface area contributed by atoms with E-state index in [0.29, 0.717) is 17.3 Å².